The summed E-state index contributed by atoms with van der Waals surface area (Å²) in [5, 5.41) is 18.2. The summed E-state index contributed by atoms with van der Waals surface area (Å²) in [6.07, 6.45) is 20.6. The van der Waals surface area contributed by atoms with Crippen LogP contribution in [0.15, 0.2) is 48.6 Å². The van der Waals surface area contributed by atoms with Gasteiger partial charge in [0.15, 0.2) is 0 Å². The molecule has 0 aromatic carbocycles. The maximum absolute atomic E-state index is 10.3. The lowest BCUT2D eigenvalue weighted by Crippen LogP contribution is -1.98. The van der Waals surface area contributed by atoms with Crippen LogP contribution in [0.2, 0.25) is 0 Å². The molecule has 0 heterocycles. The number of carbonyl (C=O) groups is 1. The number of aliphatic hydroxyl groups excluding tert-OH is 1. The summed E-state index contributed by atoms with van der Waals surface area (Å²) in [5.74, 6) is -0.736. The van der Waals surface area contributed by atoms with Gasteiger partial charge in [-0.1, -0.05) is 55.5 Å². The number of hydrogen-bond acceptors (Lipinski definition) is 2. The van der Waals surface area contributed by atoms with Gasteiger partial charge in [-0.3, -0.25) is 4.79 Å². The van der Waals surface area contributed by atoms with Gasteiger partial charge in [-0.2, -0.15) is 0 Å². The predicted molar refractivity (Wildman–Crippen MR) is 88.2 cm³/mol. The van der Waals surface area contributed by atoms with E-state index in [0.29, 0.717) is 12.8 Å². The quantitative estimate of drug-likeness (QED) is 0.318. The summed E-state index contributed by atoms with van der Waals surface area (Å²) in [7, 11) is 0. The van der Waals surface area contributed by atoms with Crippen LogP contribution in [-0.4, -0.2) is 22.3 Å². The molecule has 0 spiro atoms. The summed E-state index contributed by atoms with van der Waals surface area (Å²) >= 11 is 0. The molecule has 0 radical (unpaired) electrons. The van der Waals surface area contributed by atoms with E-state index in [1.807, 2.05) is 24.3 Å². The number of allylic oxidation sites excluding steroid dienone is 6. The summed E-state index contributed by atoms with van der Waals surface area (Å²) in [5.41, 5.74) is 0. The van der Waals surface area contributed by atoms with Crippen molar-refractivity contribution in [3.8, 4) is 0 Å². The Hall–Kier alpha value is -1.61. The lowest BCUT2D eigenvalue weighted by Gasteiger charge is -1.98. The SMILES string of the molecule is CC/C=C/C/C=C/CC(O)/C=C/C=C\CCCCC(=O)O. The van der Waals surface area contributed by atoms with E-state index < -0.39 is 12.1 Å². The first-order chi connectivity index (χ1) is 10.2. The zero-order chi connectivity index (χ0) is 15.8. The maximum atomic E-state index is 10.3. The Morgan fingerprint density at radius 3 is 2.52 bits per heavy atom. The van der Waals surface area contributed by atoms with E-state index in [1.54, 1.807) is 6.08 Å². The number of unbranched alkanes of at least 4 members (excludes halogenated alkanes) is 2. The third-order valence-corrected chi connectivity index (χ3v) is 2.81. The normalized spacial score (nSPS) is 14.0. The number of aliphatic hydroxyl groups is 1. The Bertz CT molecular complexity index is 365. The average molecular weight is 292 g/mol. The number of aliphatic carboxylic acids is 1. The van der Waals surface area contributed by atoms with Crippen molar-refractivity contribution in [2.24, 2.45) is 0 Å². The van der Waals surface area contributed by atoms with Gasteiger partial charge < -0.3 is 10.2 Å². The van der Waals surface area contributed by atoms with Crippen LogP contribution < -0.4 is 0 Å². The minimum Gasteiger partial charge on any atom is -0.481 e. The second-order valence-corrected chi connectivity index (χ2v) is 4.84. The fourth-order valence-electron chi connectivity index (χ4n) is 1.66. The standard InChI is InChI=1S/C18H28O3/c1-2-3-4-5-8-11-14-17(19)15-12-9-6-7-10-13-16-18(20)21/h3-4,6,8-9,11-12,15,17,19H,2,5,7,10,13-14,16H2,1H3,(H,20,21)/b4-3+,9-6-,11-8+,15-12+. The highest BCUT2D eigenvalue weighted by molar-refractivity contribution is 5.66. The fourth-order valence-corrected chi connectivity index (χ4v) is 1.66. The Morgan fingerprint density at radius 1 is 1.05 bits per heavy atom. The monoisotopic (exact) mass is 292 g/mol. The molecule has 0 saturated carbocycles. The minimum atomic E-state index is -0.736. The number of rotatable bonds is 12. The van der Waals surface area contributed by atoms with E-state index in [0.717, 1.165) is 25.7 Å². The molecule has 118 valence electrons. The number of carboxylic acids is 1. The highest BCUT2D eigenvalue weighted by Gasteiger charge is 1.94. The molecule has 0 amide bonds. The Labute approximate surface area is 128 Å². The van der Waals surface area contributed by atoms with Crippen molar-refractivity contribution in [3.05, 3.63) is 48.6 Å². The zero-order valence-corrected chi connectivity index (χ0v) is 12.9. The molecule has 0 aliphatic carbocycles. The third kappa shape index (κ3) is 16.3. The first kappa shape index (κ1) is 19.4. The van der Waals surface area contributed by atoms with Crippen LogP contribution in [0.1, 0.15) is 51.9 Å². The van der Waals surface area contributed by atoms with Crippen LogP contribution in [0.4, 0.5) is 0 Å². The Balaban J connectivity index is 3.62. The second-order valence-electron chi connectivity index (χ2n) is 4.84. The van der Waals surface area contributed by atoms with E-state index in [9.17, 15) is 9.90 Å². The highest BCUT2D eigenvalue weighted by Crippen LogP contribution is 2.01. The smallest absolute Gasteiger partial charge is 0.303 e. The van der Waals surface area contributed by atoms with Crippen LogP contribution >= 0.6 is 0 Å². The second kappa shape index (κ2) is 14.8. The first-order valence-electron chi connectivity index (χ1n) is 7.70. The van der Waals surface area contributed by atoms with Crippen LogP contribution in [0.3, 0.4) is 0 Å². The van der Waals surface area contributed by atoms with Gasteiger partial charge in [0, 0.05) is 6.42 Å². The zero-order valence-electron chi connectivity index (χ0n) is 12.9. The van der Waals surface area contributed by atoms with E-state index in [-0.39, 0.29) is 6.42 Å². The topological polar surface area (TPSA) is 57.5 Å². The van der Waals surface area contributed by atoms with E-state index in [2.05, 4.69) is 25.2 Å². The van der Waals surface area contributed by atoms with E-state index >= 15 is 0 Å². The van der Waals surface area contributed by atoms with Crippen molar-refractivity contribution in [1.29, 1.82) is 0 Å². The van der Waals surface area contributed by atoms with Crippen LogP contribution in [-0.2, 0) is 4.79 Å². The Kier molecular flexibility index (Phi) is 13.7. The molecule has 0 aliphatic heterocycles. The number of carboxylic acid groups (broad SMARTS) is 1. The fraction of sp³-hybridized carbons (Fsp3) is 0.500. The molecule has 0 saturated heterocycles. The summed E-state index contributed by atoms with van der Waals surface area (Å²) in [6.45, 7) is 2.11. The number of hydrogen-bond donors (Lipinski definition) is 2. The average Bonchev–Trinajstić information content (AvgIpc) is 2.45. The Morgan fingerprint density at radius 2 is 1.81 bits per heavy atom. The molecule has 21 heavy (non-hydrogen) atoms. The molecule has 1 unspecified atom stereocenters. The van der Waals surface area contributed by atoms with Crippen molar-refractivity contribution in [2.75, 3.05) is 0 Å². The molecule has 0 aromatic heterocycles. The van der Waals surface area contributed by atoms with Crippen LogP contribution in [0, 0.1) is 0 Å². The van der Waals surface area contributed by atoms with E-state index in [1.165, 1.54) is 0 Å². The molecular weight excluding hydrogens is 264 g/mol. The van der Waals surface area contributed by atoms with Crippen LogP contribution in [0.5, 0.6) is 0 Å². The molecule has 0 aromatic rings. The van der Waals surface area contributed by atoms with Gasteiger partial charge in [0.1, 0.15) is 0 Å². The van der Waals surface area contributed by atoms with Gasteiger partial charge in [0.2, 0.25) is 0 Å². The summed E-state index contributed by atoms with van der Waals surface area (Å²) in [6, 6.07) is 0. The van der Waals surface area contributed by atoms with Crippen molar-refractivity contribution < 1.29 is 15.0 Å². The predicted octanol–water partition coefficient (Wildman–Crippen LogP) is 4.41. The van der Waals surface area contributed by atoms with Gasteiger partial charge in [-0.25, -0.2) is 0 Å². The molecule has 0 rings (SSSR count). The van der Waals surface area contributed by atoms with Crippen molar-refractivity contribution >= 4 is 5.97 Å². The van der Waals surface area contributed by atoms with Gasteiger partial charge >= 0.3 is 5.97 Å². The molecule has 2 N–H and O–H groups in total. The van der Waals surface area contributed by atoms with Crippen LogP contribution in [0.25, 0.3) is 0 Å². The lowest BCUT2D eigenvalue weighted by molar-refractivity contribution is -0.137. The van der Waals surface area contributed by atoms with Gasteiger partial charge in [0.05, 0.1) is 6.10 Å². The van der Waals surface area contributed by atoms with Crippen molar-refractivity contribution in [2.45, 2.75) is 58.0 Å². The highest BCUT2D eigenvalue weighted by atomic mass is 16.4. The molecular formula is C18H28O3. The van der Waals surface area contributed by atoms with E-state index in [4.69, 9.17) is 5.11 Å². The van der Waals surface area contributed by atoms with Crippen molar-refractivity contribution in [1.82, 2.24) is 0 Å². The molecule has 0 fully saturated rings. The summed E-state index contributed by atoms with van der Waals surface area (Å²) < 4.78 is 0. The van der Waals surface area contributed by atoms with Gasteiger partial charge in [-0.05, 0) is 38.5 Å². The third-order valence-electron chi connectivity index (χ3n) is 2.81. The molecule has 3 heteroatoms. The minimum absolute atomic E-state index is 0.238. The lowest BCUT2D eigenvalue weighted by atomic mass is 10.2. The maximum Gasteiger partial charge on any atom is 0.303 e. The first-order valence-corrected chi connectivity index (χ1v) is 7.70. The molecule has 3 nitrogen and oxygen atoms in total. The van der Waals surface area contributed by atoms with Gasteiger partial charge in [-0.15, -0.1) is 0 Å². The van der Waals surface area contributed by atoms with Gasteiger partial charge in [0.25, 0.3) is 0 Å². The molecule has 0 aliphatic rings. The molecule has 1 atom stereocenters. The largest absolute Gasteiger partial charge is 0.481 e. The summed E-state index contributed by atoms with van der Waals surface area (Å²) in [4.78, 5) is 10.3. The molecule has 0 bridgehead atoms. The van der Waals surface area contributed by atoms with Crippen molar-refractivity contribution in [3.63, 3.8) is 0 Å².